The molecule has 4 rings (SSSR count). The molecule has 0 amide bonds. The van der Waals surface area contributed by atoms with E-state index in [0.717, 1.165) is 11.7 Å². The van der Waals surface area contributed by atoms with Crippen molar-refractivity contribution in [3.05, 3.63) is 24.4 Å². The van der Waals surface area contributed by atoms with Crippen molar-refractivity contribution in [3.63, 3.8) is 0 Å². The van der Waals surface area contributed by atoms with Crippen molar-refractivity contribution < 1.29 is 0 Å². The Morgan fingerprint density at radius 2 is 1.65 bits per heavy atom. The van der Waals surface area contributed by atoms with Gasteiger partial charge in [-0.2, -0.15) is 0 Å². The molecule has 1 aromatic heterocycles. The molecule has 4 heteroatoms. The Hall–Kier alpha value is -1.13. The van der Waals surface area contributed by atoms with Crippen LogP contribution in [-0.4, -0.2) is 55.7 Å². The molecule has 26 heavy (non-hydrogen) atoms. The van der Waals surface area contributed by atoms with E-state index in [-0.39, 0.29) is 0 Å². The molecule has 146 valence electrons. The number of aromatic nitrogens is 1. The Labute approximate surface area is 160 Å². The minimum Gasteiger partial charge on any atom is -0.357 e. The molecule has 3 aliphatic rings. The maximum absolute atomic E-state index is 4.53. The highest BCUT2D eigenvalue weighted by molar-refractivity contribution is 5.38. The third kappa shape index (κ3) is 4.98. The predicted molar refractivity (Wildman–Crippen MR) is 111 cm³/mol. The molecular weight excluding hydrogens is 320 g/mol. The lowest BCUT2D eigenvalue weighted by molar-refractivity contribution is 0.0670. The molecule has 4 heterocycles. The smallest absolute Gasteiger partial charge is 0.128 e. The van der Waals surface area contributed by atoms with Crippen molar-refractivity contribution in [2.45, 2.75) is 52.4 Å². The van der Waals surface area contributed by atoms with Gasteiger partial charge in [-0.15, -0.1) is 0 Å². The molecule has 4 nitrogen and oxygen atoms in total. The predicted octanol–water partition coefficient (Wildman–Crippen LogP) is 3.79. The second kappa shape index (κ2) is 9.70. The maximum Gasteiger partial charge on any atom is 0.128 e. The highest BCUT2D eigenvalue weighted by atomic mass is 15.2. The number of nitrogens with zero attached hydrogens (tertiary/aromatic N) is 3. The molecule has 1 spiro atoms. The van der Waals surface area contributed by atoms with Crippen LogP contribution in [0.3, 0.4) is 0 Å². The van der Waals surface area contributed by atoms with Crippen molar-refractivity contribution in [1.82, 2.24) is 15.2 Å². The Morgan fingerprint density at radius 1 is 1.00 bits per heavy atom. The van der Waals surface area contributed by atoms with Gasteiger partial charge in [0.25, 0.3) is 0 Å². The van der Waals surface area contributed by atoms with E-state index in [1.807, 2.05) is 26.1 Å². The van der Waals surface area contributed by atoms with Crippen LogP contribution in [0.5, 0.6) is 0 Å². The summed E-state index contributed by atoms with van der Waals surface area (Å²) in [5.74, 6) is 2.10. The summed E-state index contributed by atoms with van der Waals surface area (Å²) >= 11 is 0. The molecule has 3 saturated heterocycles. The monoisotopic (exact) mass is 358 g/mol. The fourth-order valence-electron chi connectivity index (χ4n) is 4.89. The number of likely N-dealkylation sites (tertiary alicyclic amines) is 1. The van der Waals surface area contributed by atoms with Crippen molar-refractivity contribution in [2.75, 3.05) is 50.7 Å². The fraction of sp³-hybridized carbons (Fsp3) is 0.773. The summed E-state index contributed by atoms with van der Waals surface area (Å²) in [4.78, 5) is 9.76. The molecule has 1 N–H and O–H groups in total. The maximum atomic E-state index is 4.53. The first-order valence-corrected chi connectivity index (χ1v) is 10.9. The lowest BCUT2D eigenvalue weighted by Gasteiger charge is -2.47. The van der Waals surface area contributed by atoms with Crippen LogP contribution >= 0.6 is 0 Å². The third-order valence-corrected chi connectivity index (χ3v) is 6.69. The standard InChI is InChI=1S/C20H32N4.C2H6/c1-2-10-22-19(3-1)24-15-8-20(9-16-24)6-13-23(14-7-20)17-18-4-11-21-12-5-18;1-2/h1-3,10,18,21H,4-9,11-17H2;1-2H3. The highest BCUT2D eigenvalue weighted by Crippen LogP contribution is 2.42. The molecule has 3 fully saturated rings. The van der Waals surface area contributed by atoms with Gasteiger partial charge in [0.1, 0.15) is 5.82 Å². The first kappa shape index (κ1) is 19.6. The number of nitrogens with one attached hydrogen (secondary N) is 1. The van der Waals surface area contributed by atoms with E-state index >= 15 is 0 Å². The third-order valence-electron chi connectivity index (χ3n) is 6.69. The second-order valence-electron chi connectivity index (χ2n) is 8.17. The quantitative estimate of drug-likeness (QED) is 0.891. The number of hydrogen-bond acceptors (Lipinski definition) is 4. The van der Waals surface area contributed by atoms with E-state index in [1.165, 1.54) is 84.3 Å². The largest absolute Gasteiger partial charge is 0.357 e. The summed E-state index contributed by atoms with van der Waals surface area (Å²) in [6.07, 6.45) is 10.2. The van der Waals surface area contributed by atoms with Gasteiger partial charge in [0.05, 0.1) is 0 Å². The van der Waals surface area contributed by atoms with Gasteiger partial charge in [-0.05, 0) is 88.2 Å². The van der Waals surface area contributed by atoms with Crippen LogP contribution < -0.4 is 10.2 Å². The first-order valence-electron chi connectivity index (χ1n) is 10.9. The average molecular weight is 359 g/mol. The summed E-state index contributed by atoms with van der Waals surface area (Å²) in [6, 6.07) is 6.26. The van der Waals surface area contributed by atoms with E-state index in [2.05, 4.69) is 32.2 Å². The summed E-state index contributed by atoms with van der Waals surface area (Å²) < 4.78 is 0. The van der Waals surface area contributed by atoms with Crippen LogP contribution in [0.2, 0.25) is 0 Å². The van der Waals surface area contributed by atoms with Crippen LogP contribution in [0, 0.1) is 11.3 Å². The van der Waals surface area contributed by atoms with Gasteiger partial charge in [-0.25, -0.2) is 4.98 Å². The summed E-state index contributed by atoms with van der Waals surface area (Å²) in [7, 11) is 0. The summed E-state index contributed by atoms with van der Waals surface area (Å²) in [5, 5.41) is 3.49. The van der Waals surface area contributed by atoms with Gasteiger partial charge in [-0.3, -0.25) is 0 Å². The number of hydrogen-bond donors (Lipinski definition) is 1. The average Bonchev–Trinajstić information content (AvgIpc) is 2.73. The van der Waals surface area contributed by atoms with Gasteiger partial charge in [0.2, 0.25) is 0 Å². The first-order chi connectivity index (χ1) is 12.8. The zero-order chi connectivity index (χ0) is 18.2. The molecule has 1 aromatic rings. The van der Waals surface area contributed by atoms with E-state index in [9.17, 15) is 0 Å². The van der Waals surface area contributed by atoms with E-state index in [4.69, 9.17) is 0 Å². The Bertz CT molecular complexity index is 494. The topological polar surface area (TPSA) is 31.4 Å². The summed E-state index contributed by atoms with van der Waals surface area (Å²) in [5.41, 5.74) is 0.621. The number of rotatable bonds is 3. The number of anilines is 1. The Morgan fingerprint density at radius 3 is 2.27 bits per heavy atom. The van der Waals surface area contributed by atoms with Crippen LogP contribution in [0.4, 0.5) is 5.82 Å². The molecule has 0 aliphatic carbocycles. The van der Waals surface area contributed by atoms with Gasteiger partial charge >= 0.3 is 0 Å². The van der Waals surface area contributed by atoms with Crippen molar-refractivity contribution in [3.8, 4) is 0 Å². The van der Waals surface area contributed by atoms with E-state index in [1.54, 1.807) is 0 Å². The van der Waals surface area contributed by atoms with Gasteiger partial charge in [0.15, 0.2) is 0 Å². The number of pyridine rings is 1. The molecule has 0 saturated carbocycles. The van der Waals surface area contributed by atoms with Gasteiger partial charge < -0.3 is 15.1 Å². The van der Waals surface area contributed by atoms with Gasteiger partial charge in [-0.1, -0.05) is 19.9 Å². The van der Waals surface area contributed by atoms with Crippen molar-refractivity contribution in [2.24, 2.45) is 11.3 Å². The zero-order valence-corrected chi connectivity index (χ0v) is 16.9. The van der Waals surface area contributed by atoms with Crippen LogP contribution in [0.15, 0.2) is 24.4 Å². The summed E-state index contributed by atoms with van der Waals surface area (Å²) in [6.45, 7) is 12.8. The van der Waals surface area contributed by atoms with Crippen LogP contribution in [0.25, 0.3) is 0 Å². The molecule has 0 aromatic carbocycles. The highest BCUT2D eigenvalue weighted by Gasteiger charge is 2.38. The lowest BCUT2D eigenvalue weighted by atomic mass is 9.71. The lowest BCUT2D eigenvalue weighted by Crippen LogP contribution is -2.48. The molecule has 0 unspecified atom stereocenters. The van der Waals surface area contributed by atoms with E-state index < -0.39 is 0 Å². The van der Waals surface area contributed by atoms with Gasteiger partial charge in [0, 0.05) is 25.8 Å². The van der Waals surface area contributed by atoms with Crippen LogP contribution in [-0.2, 0) is 0 Å². The Balaban J connectivity index is 0.000000948. The molecule has 0 bridgehead atoms. The van der Waals surface area contributed by atoms with Crippen LogP contribution in [0.1, 0.15) is 52.4 Å². The Kier molecular flexibility index (Phi) is 7.32. The molecule has 3 aliphatic heterocycles. The number of piperidine rings is 3. The zero-order valence-electron chi connectivity index (χ0n) is 16.9. The molecule has 0 atom stereocenters. The SMILES string of the molecule is CC.c1ccc(N2CCC3(CCN(CC4CCNCC4)CC3)CC2)nc1. The second-order valence-corrected chi connectivity index (χ2v) is 8.17. The normalized spacial score (nSPS) is 24.2. The molecule has 0 radical (unpaired) electrons. The van der Waals surface area contributed by atoms with Crippen molar-refractivity contribution in [1.29, 1.82) is 0 Å². The van der Waals surface area contributed by atoms with E-state index in [0.29, 0.717) is 5.41 Å². The minimum atomic E-state index is 0.621. The fourth-order valence-corrected chi connectivity index (χ4v) is 4.89. The minimum absolute atomic E-state index is 0.621. The van der Waals surface area contributed by atoms with Crippen molar-refractivity contribution >= 4 is 5.82 Å². The molecular formula is C22H38N4.